The number of pyridine rings is 2. The summed E-state index contributed by atoms with van der Waals surface area (Å²) in [6.07, 6.45) is 6.78. The maximum Gasteiger partial charge on any atom is 1.00 e. The third kappa shape index (κ3) is 4.31. The quantitative estimate of drug-likeness (QED) is 0.539. The minimum Gasteiger partial charge on any atom is -0.856 e. The molecule has 2 saturated carbocycles. The van der Waals surface area contributed by atoms with Crippen LogP contribution in [0.5, 0.6) is 17.6 Å². The van der Waals surface area contributed by atoms with E-state index in [-0.39, 0.29) is 54.6 Å². The van der Waals surface area contributed by atoms with Gasteiger partial charge in [0.25, 0.3) is 0 Å². The Hall–Kier alpha value is -2.16. The monoisotopic (exact) mass is 419 g/mol. The number of nitrogens with zero attached hydrogens (tertiary/aromatic N) is 3. The first-order valence-electron chi connectivity index (χ1n) is 9.66. The number of aromatic nitrogens is 3. The smallest absolute Gasteiger partial charge is 0.856 e. The maximum atomic E-state index is 15.3. The first-order chi connectivity index (χ1) is 14.1. The van der Waals surface area contributed by atoms with Crippen LogP contribution >= 0.6 is 0 Å². The molecule has 0 amide bonds. The van der Waals surface area contributed by atoms with Gasteiger partial charge in [-0.15, -0.1) is 0 Å². The van der Waals surface area contributed by atoms with Crippen molar-refractivity contribution in [1.29, 1.82) is 0 Å². The summed E-state index contributed by atoms with van der Waals surface area (Å²) in [7, 11) is 0. The van der Waals surface area contributed by atoms with Crippen molar-refractivity contribution in [2.24, 2.45) is 0 Å². The molecule has 0 saturated heterocycles. The number of halogens is 1. The van der Waals surface area contributed by atoms with Gasteiger partial charge in [-0.2, -0.15) is 0 Å². The van der Waals surface area contributed by atoms with E-state index < -0.39 is 11.5 Å². The van der Waals surface area contributed by atoms with Gasteiger partial charge in [0.05, 0.1) is 0 Å². The van der Waals surface area contributed by atoms with Crippen molar-refractivity contribution in [3.8, 4) is 29.0 Å². The first-order valence-corrected chi connectivity index (χ1v) is 9.66. The van der Waals surface area contributed by atoms with Crippen LogP contribution in [0, 0.1) is 0 Å². The van der Waals surface area contributed by atoms with Crippen LogP contribution < -0.4 is 44.1 Å². The molecule has 0 atom stereocenters. The fourth-order valence-corrected chi connectivity index (χ4v) is 3.55. The predicted molar refractivity (Wildman–Crippen MR) is 98.1 cm³/mol. The second kappa shape index (κ2) is 8.53. The molecule has 2 aliphatic carbocycles. The molecule has 0 unspecified atom stereocenters. The van der Waals surface area contributed by atoms with E-state index in [9.17, 15) is 5.11 Å². The molecule has 3 heterocycles. The molecule has 30 heavy (non-hydrogen) atoms. The van der Waals surface area contributed by atoms with Crippen molar-refractivity contribution in [2.75, 3.05) is 0 Å². The van der Waals surface area contributed by atoms with E-state index in [2.05, 4.69) is 15.1 Å². The number of ether oxygens (including phenoxy) is 2. The Balaban J connectivity index is 0.00000218. The van der Waals surface area contributed by atoms with Crippen molar-refractivity contribution in [2.45, 2.75) is 50.0 Å². The predicted octanol–water partition coefficient (Wildman–Crippen LogP) is 0.547. The Morgan fingerprint density at radius 1 is 1.03 bits per heavy atom. The van der Waals surface area contributed by atoms with Crippen LogP contribution in [0.4, 0.5) is 4.39 Å². The van der Waals surface area contributed by atoms with Crippen LogP contribution in [-0.2, 0) is 5.67 Å². The van der Waals surface area contributed by atoms with Crippen LogP contribution in [0.25, 0.3) is 11.3 Å². The molecular formula is C21H19FN3NaO4. The van der Waals surface area contributed by atoms with Crippen molar-refractivity contribution >= 4 is 0 Å². The van der Waals surface area contributed by atoms with Crippen molar-refractivity contribution < 1.29 is 53.1 Å². The third-order valence-electron chi connectivity index (χ3n) is 5.49. The maximum absolute atomic E-state index is 15.3. The van der Waals surface area contributed by atoms with Gasteiger partial charge < -0.3 is 19.1 Å². The average molecular weight is 419 g/mol. The van der Waals surface area contributed by atoms with E-state index in [1.54, 1.807) is 30.5 Å². The normalized spacial score (nSPS) is 23.0. The van der Waals surface area contributed by atoms with E-state index in [0.29, 0.717) is 28.6 Å². The Kier molecular flexibility index (Phi) is 5.99. The fraction of sp³-hybridized carbons (Fsp3) is 0.381. The van der Waals surface area contributed by atoms with E-state index in [4.69, 9.17) is 14.0 Å². The Morgan fingerprint density at radius 3 is 2.47 bits per heavy atom. The summed E-state index contributed by atoms with van der Waals surface area (Å²) in [5, 5.41) is 14.4. The van der Waals surface area contributed by atoms with Crippen LogP contribution in [0.3, 0.4) is 0 Å². The molecule has 0 radical (unpaired) electrons. The number of hydrogen-bond acceptors (Lipinski definition) is 7. The topological polar surface area (TPSA) is 93.3 Å². The molecule has 0 N–H and O–H groups in total. The van der Waals surface area contributed by atoms with Gasteiger partial charge in [-0.1, -0.05) is 5.16 Å². The molecule has 0 aliphatic heterocycles. The molecule has 5 rings (SSSR count). The molecule has 2 fully saturated rings. The van der Waals surface area contributed by atoms with Crippen LogP contribution in [0.2, 0.25) is 0 Å². The van der Waals surface area contributed by atoms with Crippen LogP contribution in [0.15, 0.2) is 47.2 Å². The van der Waals surface area contributed by atoms with Gasteiger partial charge >= 0.3 is 29.6 Å². The van der Waals surface area contributed by atoms with Gasteiger partial charge in [0, 0.05) is 48.8 Å². The minimum atomic E-state index is -1.45. The van der Waals surface area contributed by atoms with Gasteiger partial charge in [-0.3, -0.25) is 0 Å². The summed E-state index contributed by atoms with van der Waals surface area (Å²) in [5.41, 5.74) is -0.254. The fourth-order valence-electron chi connectivity index (χ4n) is 3.55. The molecular weight excluding hydrogens is 400 g/mol. The third-order valence-corrected chi connectivity index (χ3v) is 5.49. The largest absolute Gasteiger partial charge is 1.00 e. The summed E-state index contributed by atoms with van der Waals surface area (Å²) in [5.74, 6) is 0.787. The summed E-state index contributed by atoms with van der Waals surface area (Å²) in [6.45, 7) is 0. The van der Waals surface area contributed by atoms with E-state index in [1.165, 1.54) is 18.7 Å². The standard InChI is InChI=1S/C21H20FN3O4.Na/c22-21(14-6-7-23-20(8-14)27-15-2-1-3-15)10-16(11-21)28-19-5-4-13(12-24-19)17-9-18(26)25-29-17;/h4-9,12,15-16H,1-3,10-11H2,(H,25,26);/q;+1/p-1. The van der Waals surface area contributed by atoms with Crippen molar-refractivity contribution in [3.05, 3.63) is 48.3 Å². The van der Waals surface area contributed by atoms with Gasteiger partial charge in [0.2, 0.25) is 11.8 Å². The summed E-state index contributed by atoms with van der Waals surface area (Å²) >= 11 is 0. The van der Waals surface area contributed by atoms with Gasteiger partial charge in [0.15, 0.2) is 5.76 Å². The summed E-state index contributed by atoms with van der Waals surface area (Å²) in [6, 6.07) is 8.06. The Labute approximate surface area is 194 Å². The number of alkyl halides is 1. The summed E-state index contributed by atoms with van der Waals surface area (Å²) in [4.78, 5) is 8.40. The van der Waals surface area contributed by atoms with E-state index in [0.717, 1.165) is 12.8 Å². The average Bonchev–Trinajstić information content (AvgIpc) is 3.10. The van der Waals surface area contributed by atoms with Crippen LogP contribution in [-0.4, -0.2) is 27.3 Å². The van der Waals surface area contributed by atoms with E-state index in [1.807, 2.05) is 0 Å². The van der Waals surface area contributed by atoms with Gasteiger partial charge in [-0.05, 0) is 43.0 Å². The second-order valence-corrected chi connectivity index (χ2v) is 7.58. The SMILES string of the molecule is [Na+].[O-]c1cc(-c2ccc(OC3CC(F)(c4ccnc(OC5CCC5)c4)C3)nc2)on1. The molecule has 9 heteroatoms. The molecule has 2 aliphatic rings. The summed E-state index contributed by atoms with van der Waals surface area (Å²) < 4.78 is 31.7. The molecule has 0 spiro atoms. The van der Waals surface area contributed by atoms with Crippen molar-refractivity contribution in [3.63, 3.8) is 0 Å². The van der Waals surface area contributed by atoms with E-state index >= 15 is 4.39 Å². The molecule has 3 aromatic heterocycles. The Morgan fingerprint density at radius 2 is 1.83 bits per heavy atom. The molecule has 7 nitrogen and oxygen atoms in total. The van der Waals surface area contributed by atoms with Gasteiger partial charge in [-0.25, -0.2) is 14.4 Å². The number of hydrogen-bond donors (Lipinski definition) is 0. The minimum absolute atomic E-state index is 0. The zero-order valence-corrected chi connectivity index (χ0v) is 18.6. The van der Waals surface area contributed by atoms with Gasteiger partial charge in [0.1, 0.15) is 17.9 Å². The first kappa shape index (κ1) is 21.1. The van der Waals surface area contributed by atoms with Crippen LogP contribution in [0.1, 0.15) is 37.7 Å². The molecule has 150 valence electrons. The Bertz CT molecular complexity index is 1000. The molecule has 0 bridgehead atoms. The second-order valence-electron chi connectivity index (χ2n) is 7.58. The molecule has 0 aromatic carbocycles. The molecule has 3 aromatic rings. The number of rotatable bonds is 6. The van der Waals surface area contributed by atoms with Crippen molar-refractivity contribution in [1.82, 2.24) is 15.1 Å². The zero-order chi connectivity index (χ0) is 19.8. The zero-order valence-electron chi connectivity index (χ0n) is 16.6.